The molecule has 0 spiro atoms. The molecule has 86 valence electrons. The molecule has 14 heavy (non-hydrogen) atoms. The summed E-state index contributed by atoms with van der Waals surface area (Å²) in [4.78, 5) is 2.45. The minimum atomic E-state index is 0.333. The molecule has 2 nitrogen and oxygen atoms in total. The predicted octanol–water partition coefficient (Wildman–Crippen LogP) is 2.66. The van der Waals surface area contributed by atoms with Crippen molar-refractivity contribution in [2.24, 2.45) is 0 Å². The number of aliphatic hydroxyl groups is 1. The van der Waals surface area contributed by atoms with Crippen molar-refractivity contribution in [3.8, 4) is 0 Å². The lowest BCUT2D eigenvalue weighted by Crippen LogP contribution is -2.32. The van der Waals surface area contributed by atoms with Crippen molar-refractivity contribution in [1.82, 2.24) is 4.90 Å². The van der Waals surface area contributed by atoms with E-state index in [9.17, 15) is 0 Å². The topological polar surface area (TPSA) is 23.5 Å². The fourth-order valence-electron chi connectivity index (χ4n) is 1.83. The number of aliphatic hydroxyl groups excluding tert-OH is 1. The molecule has 0 bridgehead atoms. The Labute approximate surface area is 89.3 Å². The minimum absolute atomic E-state index is 0.333. The highest BCUT2D eigenvalue weighted by Crippen LogP contribution is 2.11. The second-order valence-corrected chi connectivity index (χ2v) is 4.12. The Balaban J connectivity index is 3.61. The van der Waals surface area contributed by atoms with Crippen molar-refractivity contribution in [1.29, 1.82) is 0 Å². The minimum Gasteiger partial charge on any atom is -0.396 e. The summed E-state index contributed by atoms with van der Waals surface area (Å²) >= 11 is 0. The number of hydrogen-bond acceptors (Lipinski definition) is 2. The summed E-state index contributed by atoms with van der Waals surface area (Å²) in [7, 11) is 2.21. The van der Waals surface area contributed by atoms with E-state index in [-0.39, 0.29) is 0 Å². The molecule has 0 fully saturated rings. The fraction of sp³-hybridized carbons (Fsp3) is 1.00. The van der Waals surface area contributed by atoms with Gasteiger partial charge in [-0.2, -0.15) is 0 Å². The van der Waals surface area contributed by atoms with Crippen molar-refractivity contribution in [3.63, 3.8) is 0 Å². The van der Waals surface area contributed by atoms with Gasteiger partial charge in [0.05, 0.1) is 0 Å². The molecule has 0 saturated heterocycles. The van der Waals surface area contributed by atoms with Crippen LogP contribution in [0, 0.1) is 0 Å². The van der Waals surface area contributed by atoms with Crippen molar-refractivity contribution in [2.45, 2.75) is 58.4 Å². The quantitative estimate of drug-likeness (QED) is 0.580. The average Bonchev–Trinajstić information content (AvgIpc) is 2.19. The van der Waals surface area contributed by atoms with E-state index in [0.29, 0.717) is 6.61 Å². The van der Waals surface area contributed by atoms with Crippen LogP contribution in [-0.2, 0) is 0 Å². The van der Waals surface area contributed by atoms with Crippen LogP contribution >= 0.6 is 0 Å². The zero-order chi connectivity index (χ0) is 10.8. The lowest BCUT2D eigenvalue weighted by atomic mass is 10.1. The molecule has 0 aromatic heterocycles. The zero-order valence-corrected chi connectivity index (χ0v) is 10.1. The molecule has 0 amide bonds. The van der Waals surface area contributed by atoms with E-state index in [1.807, 2.05) is 0 Å². The first-order valence-electron chi connectivity index (χ1n) is 6.07. The normalized spacial score (nSPS) is 13.5. The molecular weight excluding hydrogens is 174 g/mol. The van der Waals surface area contributed by atoms with Gasteiger partial charge in [-0.05, 0) is 39.3 Å². The van der Waals surface area contributed by atoms with E-state index in [0.717, 1.165) is 25.4 Å². The molecule has 0 aromatic rings. The van der Waals surface area contributed by atoms with E-state index >= 15 is 0 Å². The Morgan fingerprint density at radius 2 is 1.86 bits per heavy atom. The van der Waals surface area contributed by atoms with Gasteiger partial charge in [0.25, 0.3) is 0 Å². The molecule has 0 heterocycles. The van der Waals surface area contributed by atoms with Crippen molar-refractivity contribution < 1.29 is 5.11 Å². The third kappa shape index (κ3) is 6.39. The number of unbranched alkanes of at least 4 members (excludes halogenated alkanes) is 2. The maximum atomic E-state index is 8.70. The number of rotatable bonds is 9. The predicted molar refractivity (Wildman–Crippen MR) is 62.6 cm³/mol. The van der Waals surface area contributed by atoms with Gasteiger partial charge in [0.2, 0.25) is 0 Å². The molecule has 0 radical (unpaired) electrons. The Kier molecular flexibility index (Phi) is 9.42. The first-order valence-corrected chi connectivity index (χ1v) is 6.07. The van der Waals surface area contributed by atoms with Gasteiger partial charge in [-0.1, -0.05) is 26.7 Å². The molecule has 0 aliphatic rings. The SMILES string of the molecule is CCCCC(CC)N(C)CCCCO. The Morgan fingerprint density at radius 3 is 2.36 bits per heavy atom. The molecule has 2 heteroatoms. The summed E-state index contributed by atoms with van der Waals surface area (Å²) in [5.41, 5.74) is 0. The summed E-state index contributed by atoms with van der Waals surface area (Å²) in [6.07, 6.45) is 7.26. The fourth-order valence-corrected chi connectivity index (χ4v) is 1.83. The summed E-state index contributed by atoms with van der Waals surface area (Å²) in [5.74, 6) is 0. The Bertz CT molecular complexity index is 117. The van der Waals surface area contributed by atoms with Crippen molar-refractivity contribution in [2.75, 3.05) is 20.2 Å². The monoisotopic (exact) mass is 201 g/mol. The van der Waals surface area contributed by atoms with Crippen LogP contribution in [0.3, 0.4) is 0 Å². The van der Waals surface area contributed by atoms with Crippen molar-refractivity contribution in [3.05, 3.63) is 0 Å². The van der Waals surface area contributed by atoms with Gasteiger partial charge in [0, 0.05) is 12.6 Å². The molecule has 0 rings (SSSR count). The maximum Gasteiger partial charge on any atom is 0.0431 e. The zero-order valence-electron chi connectivity index (χ0n) is 10.1. The van der Waals surface area contributed by atoms with Gasteiger partial charge >= 0.3 is 0 Å². The molecule has 1 N–H and O–H groups in total. The maximum absolute atomic E-state index is 8.70. The van der Waals surface area contributed by atoms with E-state index in [1.54, 1.807) is 0 Å². The van der Waals surface area contributed by atoms with Crippen LogP contribution in [-0.4, -0.2) is 36.2 Å². The highest BCUT2D eigenvalue weighted by molar-refractivity contribution is 4.66. The van der Waals surface area contributed by atoms with Gasteiger partial charge in [0.15, 0.2) is 0 Å². The summed E-state index contributed by atoms with van der Waals surface area (Å²) < 4.78 is 0. The molecule has 0 aliphatic heterocycles. The van der Waals surface area contributed by atoms with Gasteiger partial charge in [0.1, 0.15) is 0 Å². The average molecular weight is 201 g/mol. The van der Waals surface area contributed by atoms with Crippen LogP contribution < -0.4 is 0 Å². The third-order valence-corrected chi connectivity index (χ3v) is 2.90. The first-order chi connectivity index (χ1) is 6.76. The molecule has 0 aromatic carbocycles. The third-order valence-electron chi connectivity index (χ3n) is 2.90. The lowest BCUT2D eigenvalue weighted by Gasteiger charge is -2.27. The van der Waals surface area contributed by atoms with Crippen LogP contribution in [0.5, 0.6) is 0 Å². The summed E-state index contributed by atoms with van der Waals surface area (Å²) in [6, 6.07) is 0.744. The van der Waals surface area contributed by atoms with E-state index in [2.05, 4.69) is 25.8 Å². The molecule has 0 saturated carbocycles. The van der Waals surface area contributed by atoms with E-state index in [4.69, 9.17) is 5.11 Å². The molecule has 1 unspecified atom stereocenters. The highest BCUT2D eigenvalue weighted by atomic mass is 16.2. The molecular formula is C12H27NO. The largest absolute Gasteiger partial charge is 0.396 e. The smallest absolute Gasteiger partial charge is 0.0431 e. The number of nitrogens with zero attached hydrogens (tertiary/aromatic N) is 1. The second-order valence-electron chi connectivity index (χ2n) is 4.12. The number of hydrogen-bond donors (Lipinski definition) is 1. The standard InChI is InChI=1S/C12H27NO/c1-4-6-9-12(5-2)13(3)10-7-8-11-14/h12,14H,4-11H2,1-3H3. The van der Waals surface area contributed by atoms with Crippen LogP contribution in [0.2, 0.25) is 0 Å². The van der Waals surface area contributed by atoms with Gasteiger partial charge in [-0.25, -0.2) is 0 Å². The first kappa shape index (κ1) is 13.9. The van der Waals surface area contributed by atoms with Gasteiger partial charge < -0.3 is 10.0 Å². The molecule has 0 aliphatic carbocycles. The summed E-state index contributed by atoms with van der Waals surface area (Å²) in [5, 5.41) is 8.70. The van der Waals surface area contributed by atoms with Crippen LogP contribution in [0.25, 0.3) is 0 Å². The summed E-state index contributed by atoms with van der Waals surface area (Å²) in [6.45, 7) is 5.98. The Morgan fingerprint density at radius 1 is 1.14 bits per heavy atom. The van der Waals surface area contributed by atoms with Crippen molar-refractivity contribution >= 4 is 0 Å². The van der Waals surface area contributed by atoms with E-state index in [1.165, 1.54) is 25.7 Å². The molecule has 1 atom stereocenters. The van der Waals surface area contributed by atoms with Crippen LogP contribution in [0.1, 0.15) is 52.4 Å². The van der Waals surface area contributed by atoms with Crippen LogP contribution in [0.15, 0.2) is 0 Å². The lowest BCUT2D eigenvalue weighted by molar-refractivity contribution is 0.206. The van der Waals surface area contributed by atoms with E-state index < -0.39 is 0 Å². The van der Waals surface area contributed by atoms with Crippen LogP contribution in [0.4, 0.5) is 0 Å². The second kappa shape index (κ2) is 9.47. The van der Waals surface area contributed by atoms with Gasteiger partial charge in [-0.3, -0.25) is 0 Å². The van der Waals surface area contributed by atoms with Gasteiger partial charge in [-0.15, -0.1) is 0 Å². The highest BCUT2D eigenvalue weighted by Gasteiger charge is 2.10. The Hall–Kier alpha value is -0.0800.